The van der Waals surface area contributed by atoms with E-state index in [1.807, 2.05) is 4.90 Å². The van der Waals surface area contributed by atoms with Gasteiger partial charge < -0.3 is 20.2 Å². The number of hydrogen-bond donors (Lipinski definition) is 2. The van der Waals surface area contributed by atoms with Crippen LogP contribution in [0.3, 0.4) is 0 Å². The van der Waals surface area contributed by atoms with Crippen molar-refractivity contribution in [2.24, 2.45) is 0 Å². The van der Waals surface area contributed by atoms with Crippen molar-refractivity contribution in [2.75, 3.05) is 31.1 Å². The molecule has 2 N–H and O–H groups in total. The molecule has 2 saturated heterocycles. The van der Waals surface area contributed by atoms with Crippen molar-refractivity contribution in [3.8, 4) is 0 Å². The molecular formula is C28H37N3O2. The fourth-order valence-corrected chi connectivity index (χ4v) is 5.74. The first-order chi connectivity index (χ1) is 16.2. The molecule has 2 fully saturated rings. The Morgan fingerprint density at radius 1 is 0.909 bits per heavy atom. The fraction of sp³-hybridized carbons (Fsp3) is 0.536. The van der Waals surface area contributed by atoms with Crippen molar-refractivity contribution in [3.05, 3.63) is 65.2 Å². The van der Waals surface area contributed by atoms with Crippen LogP contribution in [-0.2, 0) is 17.6 Å². The number of aryl methyl sites for hydroxylation is 1. The van der Waals surface area contributed by atoms with Gasteiger partial charge in [0.1, 0.15) is 0 Å². The molecular weight excluding hydrogens is 410 g/mol. The Morgan fingerprint density at radius 3 is 2.39 bits per heavy atom. The van der Waals surface area contributed by atoms with E-state index in [1.165, 1.54) is 48.9 Å². The van der Waals surface area contributed by atoms with Gasteiger partial charge in [-0.3, -0.25) is 4.79 Å². The minimum atomic E-state index is -0.244. The van der Waals surface area contributed by atoms with E-state index in [-0.39, 0.29) is 12.0 Å². The lowest BCUT2D eigenvalue weighted by atomic mass is 9.87. The summed E-state index contributed by atoms with van der Waals surface area (Å²) < 4.78 is 0. The molecule has 1 aliphatic carbocycles. The minimum absolute atomic E-state index is 0.172. The first kappa shape index (κ1) is 22.4. The summed E-state index contributed by atoms with van der Waals surface area (Å²) in [5.74, 6) is 0.172. The second kappa shape index (κ2) is 10.3. The highest BCUT2D eigenvalue weighted by Gasteiger charge is 2.26. The molecule has 5 nitrogen and oxygen atoms in total. The largest absolute Gasteiger partial charge is 0.393 e. The molecule has 0 radical (unpaired) electrons. The number of likely N-dealkylation sites (tertiary alicyclic amines) is 1. The molecule has 3 aliphatic rings. The molecule has 2 aromatic carbocycles. The van der Waals surface area contributed by atoms with Crippen molar-refractivity contribution in [2.45, 2.75) is 69.6 Å². The van der Waals surface area contributed by atoms with Crippen LogP contribution in [0.15, 0.2) is 48.5 Å². The van der Waals surface area contributed by atoms with Gasteiger partial charge in [0.15, 0.2) is 0 Å². The number of carbonyl (C=O) groups excluding carboxylic acids is 1. The molecule has 1 amide bonds. The van der Waals surface area contributed by atoms with E-state index >= 15 is 0 Å². The van der Waals surface area contributed by atoms with Gasteiger partial charge in [-0.2, -0.15) is 0 Å². The van der Waals surface area contributed by atoms with E-state index < -0.39 is 0 Å². The molecule has 0 spiro atoms. The molecule has 2 aliphatic heterocycles. The monoisotopic (exact) mass is 447 g/mol. The van der Waals surface area contributed by atoms with Crippen LogP contribution in [0, 0.1) is 0 Å². The highest BCUT2D eigenvalue weighted by atomic mass is 16.3. The first-order valence-electron chi connectivity index (χ1n) is 12.8. The average Bonchev–Trinajstić information content (AvgIpc) is 2.86. The van der Waals surface area contributed by atoms with Gasteiger partial charge >= 0.3 is 0 Å². The number of aliphatic hydroxyl groups excluding tert-OH is 1. The van der Waals surface area contributed by atoms with Gasteiger partial charge in [0.2, 0.25) is 5.91 Å². The zero-order chi connectivity index (χ0) is 22.6. The Hall–Kier alpha value is -2.37. The van der Waals surface area contributed by atoms with E-state index in [1.54, 1.807) is 0 Å². The number of hydrogen-bond acceptors (Lipinski definition) is 4. The van der Waals surface area contributed by atoms with Crippen LogP contribution >= 0.6 is 0 Å². The number of nitrogens with one attached hydrogen (secondary N) is 1. The summed E-state index contributed by atoms with van der Waals surface area (Å²) in [5.41, 5.74) is 5.36. The van der Waals surface area contributed by atoms with Gasteiger partial charge in [-0.1, -0.05) is 36.4 Å². The molecule has 5 heteroatoms. The summed E-state index contributed by atoms with van der Waals surface area (Å²) in [4.78, 5) is 16.9. The number of anilines is 1. The van der Waals surface area contributed by atoms with Gasteiger partial charge in [0, 0.05) is 44.0 Å². The van der Waals surface area contributed by atoms with Gasteiger partial charge in [0.25, 0.3) is 0 Å². The van der Waals surface area contributed by atoms with Gasteiger partial charge in [-0.05, 0) is 73.8 Å². The quantitative estimate of drug-likeness (QED) is 0.731. The summed E-state index contributed by atoms with van der Waals surface area (Å²) >= 11 is 0. The minimum Gasteiger partial charge on any atom is -0.393 e. The van der Waals surface area contributed by atoms with Crippen LogP contribution in [0.4, 0.5) is 5.69 Å². The summed E-state index contributed by atoms with van der Waals surface area (Å²) in [6.07, 6.45) is 7.68. The maximum Gasteiger partial charge on any atom is 0.226 e. The predicted molar refractivity (Wildman–Crippen MR) is 132 cm³/mol. The molecule has 33 heavy (non-hydrogen) atoms. The molecule has 2 aromatic rings. The van der Waals surface area contributed by atoms with Crippen molar-refractivity contribution < 1.29 is 9.90 Å². The zero-order valence-corrected chi connectivity index (χ0v) is 19.6. The Bertz CT molecular complexity index is 928. The summed E-state index contributed by atoms with van der Waals surface area (Å²) in [7, 11) is 0. The van der Waals surface area contributed by atoms with Crippen LogP contribution < -0.4 is 10.2 Å². The van der Waals surface area contributed by atoms with Crippen LogP contribution in [0.5, 0.6) is 0 Å². The number of nitrogens with zero attached hydrogens (tertiary/aromatic N) is 2. The van der Waals surface area contributed by atoms with E-state index in [2.05, 4.69) is 58.7 Å². The van der Waals surface area contributed by atoms with E-state index in [4.69, 9.17) is 0 Å². The maximum absolute atomic E-state index is 12.6. The zero-order valence-electron chi connectivity index (χ0n) is 19.6. The standard InChI is InChI=1S/C28H37N3O2/c32-25-14-18-31(19-15-25)28(33)20-21-8-10-24(11-9-21)30-16-12-23(13-17-30)29-27-7-3-5-22-4-1-2-6-26(22)27/h1-2,4,6,8-11,23,25,27,29,32H,3,5,7,12-20H2. The molecule has 1 atom stereocenters. The maximum atomic E-state index is 12.6. The predicted octanol–water partition coefficient (Wildman–Crippen LogP) is 3.85. The van der Waals surface area contributed by atoms with Crippen molar-refractivity contribution >= 4 is 11.6 Å². The van der Waals surface area contributed by atoms with Crippen molar-refractivity contribution in [1.29, 1.82) is 0 Å². The van der Waals surface area contributed by atoms with E-state index in [9.17, 15) is 9.90 Å². The Labute approximate surface area is 197 Å². The third-order valence-electron chi connectivity index (χ3n) is 7.78. The normalized spacial score (nSPS) is 22.3. The second-order valence-electron chi connectivity index (χ2n) is 10.0. The molecule has 2 heterocycles. The smallest absolute Gasteiger partial charge is 0.226 e. The lowest BCUT2D eigenvalue weighted by molar-refractivity contribution is -0.132. The molecule has 5 rings (SSSR count). The van der Waals surface area contributed by atoms with Gasteiger partial charge in [-0.25, -0.2) is 0 Å². The SMILES string of the molecule is O=C(Cc1ccc(N2CCC(NC3CCCc4ccccc43)CC2)cc1)N1CCC(O)CC1. The molecule has 0 bridgehead atoms. The highest BCUT2D eigenvalue weighted by molar-refractivity contribution is 5.79. The summed E-state index contributed by atoms with van der Waals surface area (Å²) in [6.45, 7) is 3.49. The van der Waals surface area contributed by atoms with Crippen LogP contribution in [0.2, 0.25) is 0 Å². The average molecular weight is 448 g/mol. The number of piperidine rings is 2. The van der Waals surface area contributed by atoms with Crippen LogP contribution in [0.1, 0.15) is 61.3 Å². The summed E-state index contributed by atoms with van der Waals surface area (Å²) in [5, 5.41) is 13.6. The second-order valence-corrected chi connectivity index (χ2v) is 10.0. The van der Waals surface area contributed by atoms with Gasteiger partial charge in [0.05, 0.1) is 12.5 Å². The van der Waals surface area contributed by atoms with Crippen LogP contribution in [0.25, 0.3) is 0 Å². The van der Waals surface area contributed by atoms with E-state index in [0.29, 0.717) is 44.4 Å². The van der Waals surface area contributed by atoms with E-state index in [0.717, 1.165) is 18.7 Å². The summed E-state index contributed by atoms with van der Waals surface area (Å²) in [6, 6.07) is 18.6. The number of rotatable bonds is 5. The Kier molecular flexibility index (Phi) is 6.98. The number of carbonyl (C=O) groups is 1. The fourth-order valence-electron chi connectivity index (χ4n) is 5.74. The third kappa shape index (κ3) is 5.42. The molecule has 0 saturated carbocycles. The number of benzene rings is 2. The molecule has 176 valence electrons. The Balaban J connectivity index is 1.11. The lowest BCUT2D eigenvalue weighted by Gasteiger charge is -2.37. The van der Waals surface area contributed by atoms with Crippen molar-refractivity contribution in [3.63, 3.8) is 0 Å². The number of amides is 1. The van der Waals surface area contributed by atoms with Gasteiger partial charge in [-0.15, -0.1) is 0 Å². The van der Waals surface area contributed by atoms with Crippen LogP contribution in [-0.4, -0.2) is 54.2 Å². The Morgan fingerprint density at radius 2 is 1.64 bits per heavy atom. The molecule has 0 aromatic heterocycles. The highest BCUT2D eigenvalue weighted by Crippen LogP contribution is 2.31. The van der Waals surface area contributed by atoms with Crippen molar-refractivity contribution in [1.82, 2.24) is 10.2 Å². The topological polar surface area (TPSA) is 55.8 Å². The number of aliphatic hydroxyl groups is 1. The number of fused-ring (bicyclic) bond motifs is 1. The molecule has 1 unspecified atom stereocenters. The third-order valence-corrected chi connectivity index (χ3v) is 7.78. The first-order valence-corrected chi connectivity index (χ1v) is 12.8. The lowest BCUT2D eigenvalue weighted by Crippen LogP contribution is -2.44.